The zero-order chi connectivity index (χ0) is 17.1. The molecule has 0 aromatic heterocycles. The minimum absolute atomic E-state index is 0.224. The molecule has 0 bridgehead atoms. The van der Waals surface area contributed by atoms with Crippen LogP contribution >= 0.6 is 0 Å². The fourth-order valence-electron chi connectivity index (χ4n) is 2.77. The molecule has 1 unspecified atom stereocenters. The zero-order valence-corrected chi connectivity index (χ0v) is 12.8. The van der Waals surface area contributed by atoms with Crippen LogP contribution in [0.1, 0.15) is 23.2 Å². The minimum atomic E-state index is -1.63. The number of hydrogen-bond acceptors (Lipinski definition) is 2. The molecule has 0 saturated carbocycles. The maximum atomic E-state index is 13.8. The Morgan fingerprint density at radius 1 is 1.04 bits per heavy atom. The number of ether oxygens (including phenoxy) is 1. The lowest BCUT2D eigenvalue weighted by Crippen LogP contribution is -2.44. The Morgan fingerprint density at radius 3 is 2.54 bits per heavy atom. The first-order chi connectivity index (χ1) is 11.6. The van der Waals surface area contributed by atoms with Crippen molar-refractivity contribution in [2.75, 3.05) is 13.1 Å². The number of benzene rings is 2. The summed E-state index contributed by atoms with van der Waals surface area (Å²) in [4.78, 5) is 13.8. The number of carbonyl (C=O) groups is 1. The molecule has 2 aromatic carbocycles. The number of hydrogen-bond donors (Lipinski definition) is 0. The van der Waals surface area contributed by atoms with Gasteiger partial charge in [-0.3, -0.25) is 4.79 Å². The summed E-state index contributed by atoms with van der Waals surface area (Å²) in [6.45, 7) is 0.693. The standard InChI is InChI=1S/C18H16F3NO2/c19-15-9-8-14(16(20)17(15)21)18(23)22-10-4-7-13(11-22)24-12-5-2-1-3-6-12/h1-3,5-6,8-9,13H,4,7,10-11H2. The molecule has 0 spiro atoms. The van der Waals surface area contributed by atoms with E-state index >= 15 is 0 Å². The number of para-hydroxylation sites is 1. The minimum Gasteiger partial charge on any atom is -0.489 e. The summed E-state index contributed by atoms with van der Waals surface area (Å²) in [5.74, 6) is -4.36. The van der Waals surface area contributed by atoms with Gasteiger partial charge in [-0.05, 0) is 37.1 Å². The van der Waals surface area contributed by atoms with Crippen molar-refractivity contribution < 1.29 is 22.7 Å². The van der Waals surface area contributed by atoms with Gasteiger partial charge < -0.3 is 9.64 Å². The fourth-order valence-corrected chi connectivity index (χ4v) is 2.77. The molecule has 1 saturated heterocycles. The summed E-state index contributed by atoms with van der Waals surface area (Å²) in [6.07, 6.45) is 1.23. The lowest BCUT2D eigenvalue weighted by Gasteiger charge is -2.33. The second kappa shape index (κ2) is 6.95. The Hall–Kier alpha value is -2.50. The van der Waals surface area contributed by atoms with Crippen molar-refractivity contribution >= 4 is 5.91 Å². The summed E-state index contributed by atoms with van der Waals surface area (Å²) in [5.41, 5.74) is -0.464. The molecule has 1 amide bonds. The van der Waals surface area contributed by atoms with Crippen LogP contribution < -0.4 is 4.74 Å². The summed E-state index contributed by atoms with van der Waals surface area (Å²) in [7, 11) is 0. The van der Waals surface area contributed by atoms with Crippen molar-refractivity contribution in [3.8, 4) is 5.75 Å². The molecule has 3 nitrogen and oxygen atoms in total. The largest absolute Gasteiger partial charge is 0.489 e. The van der Waals surface area contributed by atoms with E-state index in [1.165, 1.54) is 4.90 Å². The highest BCUT2D eigenvalue weighted by Gasteiger charge is 2.28. The maximum absolute atomic E-state index is 13.8. The first-order valence-corrected chi connectivity index (χ1v) is 7.70. The fraction of sp³-hybridized carbons (Fsp3) is 0.278. The third kappa shape index (κ3) is 3.37. The smallest absolute Gasteiger partial charge is 0.257 e. The van der Waals surface area contributed by atoms with E-state index in [0.717, 1.165) is 18.6 Å². The van der Waals surface area contributed by atoms with Crippen LogP contribution in [0, 0.1) is 17.5 Å². The number of halogens is 3. The van der Waals surface area contributed by atoms with Crippen molar-refractivity contribution in [1.82, 2.24) is 4.90 Å². The normalized spacial score (nSPS) is 17.6. The van der Waals surface area contributed by atoms with Crippen molar-refractivity contribution in [3.05, 3.63) is 65.5 Å². The summed E-state index contributed by atoms with van der Waals surface area (Å²) >= 11 is 0. The topological polar surface area (TPSA) is 29.5 Å². The number of likely N-dealkylation sites (tertiary alicyclic amines) is 1. The molecule has 6 heteroatoms. The van der Waals surface area contributed by atoms with Gasteiger partial charge >= 0.3 is 0 Å². The average molecular weight is 335 g/mol. The maximum Gasteiger partial charge on any atom is 0.257 e. The SMILES string of the molecule is O=C(c1ccc(F)c(F)c1F)N1CCCC(Oc2ccccc2)C1. The lowest BCUT2D eigenvalue weighted by molar-refractivity contribution is 0.0532. The van der Waals surface area contributed by atoms with Gasteiger partial charge in [0.15, 0.2) is 17.5 Å². The van der Waals surface area contributed by atoms with Gasteiger partial charge in [0.2, 0.25) is 0 Å². The van der Waals surface area contributed by atoms with E-state index in [1.807, 2.05) is 30.3 Å². The van der Waals surface area contributed by atoms with Crippen LogP contribution in [0.5, 0.6) is 5.75 Å². The Morgan fingerprint density at radius 2 is 1.79 bits per heavy atom. The molecule has 1 aliphatic heterocycles. The van der Waals surface area contributed by atoms with Gasteiger partial charge in [0.1, 0.15) is 11.9 Å². The molecule has 0 radical (unpaired) electrons. The molecule has 1 fully saturated rings. The van der Waals surface area contributed by atoms with Gasteiger partial charge in [-0.25, -0.2) is 13.2 Å². The summed E-state index contributed by atoms with van der Waals surface area (Å²) < 4.78 is 46.0. The van der Waals surface area contributed by atoms with Crippen molar-refractivity contribution in [2.24, 2.45) is 0 Å². The van der Waals surface area contributed by atoms with E-state index in [9.17, 15) is 18.0 Å². The van der Waals surface area contributed by atoms with Gasteiger partial charge in [-0.1, -0.05) is 18.2 Å². The predicted molar refractivity (Wildman–Crippen MR) is 82.3 cm³/mol. The van der Waals surface area contributed by atoms with Crippen LogP contribution in [0.3, 0.4) is 0 Å². The van der Waals surface area contributed by atoms with Crippen LogP contribution in [0.15, 0.2) is 42.5 Å². The number of nitrogens with zero attached hydrogens (tertiary/aromatic N) is 1. The Bertz CT molecular complexity index is 737. The van der Waals surface area contributed by atoms with Gasteiger partial charge in [-0.2, -0.15) is 0 Å². The molecule has 0 aliphatic carbocycles. The van der Waals surface area contributed by atoms with Crippen LogP contribution in [0.25, 0.3) is 0 Å². The lowest BCUT2D eigenvalue weighted by atomic mass is 10.1. The van der Waals surface area contributed by atoms with E-state index in [-0.39, 0.29) is 12.6 Å². The molecule has 1 heterocycles. The van der Waals surface area contributed by atoms with Crippen LogP contribution in [0.2, 0.25) is 0 Å². The third-order valence-corrected chi connectivity index (χ3v) is 3.98. The zero-order valence-electron chi connectivity index (χ0n) is 12.8. The number of rotatable bonds is 3. The molecule has 0 N–H and O–H groups in total. The molecule has 2 aromatic rings. The van der Waals surface area contributed by atoms with Gasteiger partial charge in [0.25, 0.3) is 5.91 Å². The van der Waals surface area contributed by atoms with Gasteiger partial charge in [-0.15, -0.1) is 0 Å². The van der Waals surface area contributed by atoms with Crippen molar-refractivity contribution in [1.29, 1.82) is 0 Å². The first kappa shape index (κ1) is 16.4. The highest BCUT2D eigenvalue weighted by molar-refractivity contribution is 5.94. The molecule has 126 valence electrons. The molecular formula is C18H16F3NO2. The number of amides is 1. The van der Waals surface area contributed by atoms with Gasteiger partial charge in [0.05, 0.1) is 12.1 Å². The molecule has 3 rings (SSSR count). The van der Waals surface area contributed by atoms with Gasteiger partial charge in [0, 0.05) is 6.54 Å². The van der Waals surface area contributed by atoms with E-state index < -0.39 is 28.9 Å². The van der Waals surface area contributed by atoms with E-state index in [2.05, 4.69) is 0 Å². The highest BCUT2D eigenvalue weighted by atomic mass is 19.2. The van der Waals surface area contributed by atoms with Crippen molar-refractivity contribution in [3.63, 3.8) is 0 Å². The van der Waals surface area contributed by atoms with E-state index in [0.29, 0.717) is 18.7 Å². The summed E-state index contributed by atoms with van der Waals surface area (Å²) in [6, 6.07) is 10.9. The van der Waals surface area contributed by atoms with Crippen LogP contribution in [-0.4, -0.2) is 30.0 Å². The monoisotopic (exact) mass is 335 g/mol. The van der Waals surface area contributed by atoms with E-state index in [4.69, 9.17) is 4.74 Å². The van der Waals surface area contributed by atoms with Crippen molar-refractivity contribution in [2.45, 2.75) is 18.9 Å². The van der Waals surface area contributed by atoms with Crippen LogP contribution in [-0.2, 0) is 0 Å². The molecule has 1 aliphatic rings. The number of piperidine rings is 1. The second-order valence-corrected chi connectivity index (χ2v) is 5.67. The predicted octanol–water partition coefficient (Wildman–Crippen LogP) is 3.79. The quantitative estimate of drug-likeness (QED) is 0.799. The first-order valence-electron chi connectivity index (χ1n) is 7.70. The second-order valence-electron chi connectivity index (χ2n) is 5.67. The Kier molecular flexibility index (Phi) is 4.74. The average Bonchev–Trinajstić information content (AvgIpc) is 2.60. The molecule has 24 heavy (non-hydrogen) atoms. The molecule has 1 atom stereocenters. The van der Waals surface area contributed by atoms with E-state index in [1.54, 1.807) is 0 Å². The Balaban J connectivity index is 1.72. The summed E-state index contributed by atoms with van der Waals surface area (Å²) in [5, 5.41) is 0. The Labute approximate surface area is 137 Å². The number of carbonyl (C=O) groups excluding carboxylic acids is 1. The van der Waals surface area contributed by atoms with Crippen LogP contribution in [0.4, 0.5) is 13.2 Å². The molecular weight excluding hydrogens is 319 g/mol. The highest BCUT2D eigenvalue weighted by Crippen LogP contribution is 2.22. The third-order valence-electron chi connectivity index (χ3n) is 3.98.